The molecule has 0 radical (unpaired) electrons. The van der Waals surface area contributed by atoms with Gasteiger partial charge >= 0.3 is 8.80 Å². The molecule has 0 bridgehead atoms. The van der Waals surface area contributed by atoms with E-state index in [1.165, 1.54) is 37.7 Å². The quantitative estimate of drug-likeness (QED) is 0.442. The van der Waals surface area contributed by atoms with Gasteiger partial charge in [-0.2, -0.15) is 0 Å². The van der Waals surface area contributed by atoms with Crippen LogP contribution < -0.4 is 5.19 Å². The normalized spacial score (nSPS) is 18.5. The molecule has 1 aliphatic heterocycles. The van der Waals surface area contributed by atoms with Gasteiger partial charge in [-0.3, -0.25) is 9.48 Å². The number of benzene rings is 1. The average Bonchev–Trinajstić information content (AvgIpc) is 3.18. The molecule has 5 nitrogen and oxygen atoms in total. The van der Waals surface area contributed by atoms with Crippen molar-refractivity contribution in [3.05, 3.63) is 29.8 Å². The van der Waals surface area contributed by atoms with E-state index in [0.717, 1.165) is 30.9 Å². The average molecular weight is 406 g/mol. The second kappa shape index (κ2) is 10.5. The van der Waals surface area contributed by atoms with E-state index >= 15 is 0 Å². The van der Waals surface area contributed by atoms with Crippen LogP contribution >= 0.6 is 0 Å². The lowest BCUT2D eigenvalue weighted by atomic mass is 9.95. The van der Waals surface area contributed by atoms with E-state index in [2.05, 4.69) is 40.1 Å². The zero-order chi connectivity index (χ0) is 19.8. The first-order valence-corrected chi connectivity index (χ1v) is 12.8. The van der Waals surface area contributed by atoms with Gasteiger partial charge in [-0.15, -0.1) is 0 Å². The van der Waals surface area contributed by atoms with Crippen LogP contribution in [0.25, 0.3) is 0 Å². The summed E-state index contributed by atoms with van der Waals surface area (Å²) in [5.74, 6) is 0. The van der Waals surface area contributed by atoms with Gasteiger partial charge in [0, 0.05) is 25.0 Å². The second-order valence-corrected chi connectivity index (χ2v) is 10.2. The van der Waals surface area contributed by atoms with E-state index in [-0.39, 0.29) is 0 Å². The van der Waals surface area contributed by atoms with Gasteiger partial charge in [-0.25, -0.2) is 0 Å². The molecule has 6 heteroatoms. The third-order valence-corrected chi connectivity index (χ3v) is 8.74. The first kappa shape index (κ1) is 21.5. The highest BCUT2D eigenvalue weighted by atomic mass is 28.4. The summed E-state index contributed by atoms with van der Waals surface area (Å²) in [6.07, 6.45) is 9.28. The minimum absolute atomic E-state index is 0.591. The third-order valence-electron chi connectivity index (χ3n) is 5.70. The molecule has 1 aromatic carbocycles. The summed E-state index contributed by atoms with van der Waals surface area (Å²) in [6, 6.07) is 9.43. The van der Waals surface area contributed by atoms with Crippen molar-refractivity contribution in [2.75, 3.05) is 32.9 Å². The summed E-state index contributed by atoms with van der Waals surface area (Å²) in [5, 5.41) is 1.05. The lowest BCUT2D eigenvalue weighted by molar-refractivity contribution is -0.530. The molecule has 0 atom stereocenters. The summed E-state index contributed by atoms with van der Waals surface area (Å²) in [7, 11) is -2.80. The minimum atomic E-state index is -2.80. The SMILES string of the molecule is CCO[Si](OCC)(OCC)c1ccc(C[N+]2=CN(C3CCCCC3)CC2)cc1. The fourth-order valence-electron chi connectivity index (χ4n) is 4.37. The van der Waals surface area contributed by atoms with Crippen LogP contribution in [0, 0.1) is 0 Å². The maximum Gasteiger partial charge on any atom is 0.537 e. The zero-order valence-corrected chi connectivity index (χ0v) is 18.9. The second-order valence-electron chi connectivity index (χ2n) is 7.67. The molecule has 1 aromatic rings. The maximum atomic E-state index is 6.02. The summed E-state index contributed by atoms with van der Waals surface area (Å²) in [5.41, 5.74) is 1.32. The van der Waals surface area contributed by atoms with E-state index in [1.54, 1.807) is 0 Å². The van der Waals surface area contributed by atoms with E-state index in [4.69, 9.17) is 13.3 Å². The minimum Gasteiger partial charge on any atom is -0.370 e. The van der Waals surface area contributed by atoms with Gasteiger partial charge in [-0.1, -0.05) is 30.7 Å². The Morgan fingerprint density at radius 2 is 1.54 bits per heavy atom. The first-order valence-electron chi connectivity index (χ1n) is 11.1. The number of hydrogen-bond donors (Lipinski definition) is 0. The Labute approximate surface area is 171 Å². The fourth-order valence-corrected chi connectivity index (χ4v) is 6.84. The summed E-state index contributed by atoms with van der Waals surface area (Å²) in [6.45, 7) is 11.0. The summed E-state index contributed by atoms with van der Waals surface area (Å²) < 4.78 is 20.5. The van der Waals surface area contributed by atoms with Gasteiger partial charge < -0.3 is 13.3 Å². The standard InChI is InChI=1S/C22H37N2O3Si/c1-4-25-28(26-5-2,27-6-3)22-14-12-20(13-15-22)18-23-16-17-24(19-23)21-10-8-7-9-11-21/h12-15,19,21H,4-11,16-18H2,1-3H3/q+1. The van der Waals surface area contributed by atoms with Crippen LogP contribution in [0.4, 0.5) is 0 Å². The van der Waals surface area contributed by atoms with Gasteiger partial charge in [0.05, 0.1) is 6.04 Å². The van der Waals surface area contributed by atoms with E-state index < -0.39 is 8.80 Å². The van der Waals surface area contributed by atoms with Crippen LogP contribution in [0.3, 0.4) is 0 Å². The summed E-state index contributed by atoms with van der Waals surface area (Å²) >= 11 is 0. The van der Waals surface area contributed by atoms with Gasteiger partial charge in [0.1, 0.15) is 19.6 Å². The first-order chi connectivity index (χ1) is 13.7. The fraction of sp³-hybridized carbons (Fsp3) is 0.682. The number of nitrogens with zero attached hydrogens (tertiary/aromatic N) is 2. The number of hydrogen-bond acceptors (Lipinski definition) is 4. The highest BCUT2D eigenvalue weighted by molar-refractivity contribution is 6.75. The predicted octanol–water partition coefficient (Wildman–Crippen LogP) is 3.13. The van der Waals surface area contributed by atoms with Crippen LogP contribution in [0.15, 0.2) is 24.3 Å². The Balaban J connectivity index is 1.66. The monoisotopic (exact) mass is 405 g/mol. The highest BCUT2D eigenvalue weighted by Gasteiger charge is 2.43. The summed E-state index contributed by atoms with van der Waals surface area (Å²) in [4.78, 5) is 2.57. The predicted molar refractivity (Wildman–Crippen MR) is 115 cm³/mol. The van der Waals surface area contributed by atoms with Crippen LogP contribution in [-0.2, 0) is 19.8 Å². The van der Waals surface area contributed by atoms with E-state index in [0.29, 0.717) is 19.8 Å². The Morgan fingerprint density at radius 1 is 0.929 bits per heavy atom. The van der Waals surface area contributed by atoms with Gasteiger partial charge in [-0.05, 0) is 52.0 Å². The molecule has 0 unspecified atom stereocenters. The Kier molecular flexibility index (Phi) is 8.08. The largest absolute Gasteiger partial charge is 0.537 e. The lowest BCUT2D eigenvalue weighted by Crippen LogP contribution is -2.56. The van der Waals surface area contributed by atoms with Crippen molar-refractivity contribution in [1.82, 2.24) is 4.90 Å². The van der Waals surface area contributed by atoms with E-state index in [9.17, 15) is 0 Å². The van der Waals surface area contributed by atoms with Crippen molar-refractivity contribution < 1.29 is 17.9 Å². The van der Waals surface area contributed by atoms with Gasteiger partial charge in [0.15, 0.2) is 0 Å². The molecule has 0 N–H and O–H groups in total. The highest BCUT2D eigenvalue weighted by Crippen LogP contribution is 2.22. The van der Waals surface area contributed by atoms with Crippen molar-refractivity contribution in [1.29, 1.82) is 0 Å². The Morgan fingerprint density at radius 3 is 2.11 bits per heavy atom. The van der Waals surface area contributed by atoms with Gasteiger partial charge in [0.2, 0.25) is 6.34 Å². The topological polar surface area (TPSA) is 33.9 Å². The molecule has 1 saturated carbocycles. The molecule has 28 heavy (non-hydrogen) atoms. The molecular formula is C22H37N2O3Si+. The third kappa shape index (κ3) is 5.23. The molecule has 0 saturated heterocycles. The van der Waals surface area contributed by atoms with Crippen LogP contribution in [-0.4, -0.2) is 63.6 Å². The molecular weight excluding hydrogens is 368 g/mol. The molecule has 2 aliphatic rings. The molecule has 1 fully saturated rings. The molecule has 156 valence electrons. The maximum absolute atomic E-state index is 6.02. The molecule has 0 spiro atoms. The zero-order valence-electron chi connectivity index (χ0n) is 17.9. The van der Waals surface area contributed by atoms with Crippen LogP contribution in [0.5, 0.6) is 0 Å². The van der Waals surface area contributed by atoms with Gasteiger partial charge in [0.25, 0.3) is 0 Å². The lowest BCUT2D eigenvalue weighted by Gasteiger charge is -2.28. The van der Waals surface area contributed by atoms with Crippen molar-refractivity contribution in [3.8, 4) is 0 Å². The van der Waals surface area contributed by atoms with Crippen molar-refractivity contribution in [2.24, 2.45) is 0 Å². The van der Waals surface area contributed by atoms with Crippen molar-refractivity contribution in [2.45, 2.75) is 65.5 Å². The molecule has 1 heterocycles. The smallest absolute Gasteiger partial charge is 0.370 e. The Hall–Kier alpha value is -1.21. The molecule has 0 aromatic heterocycles. The molecule has 0 amide bonds. The van der Waals surface area contributed by atoms with Crippen LogP contribution in [0.2, 0.25) is 0 Å². The molecule has 3 rings (SSSR count). The van der Waals surface area contributed by atoms with E-state index in [1.807, 2.05) is 20.8 Å². The van der Waals surface area contributed by atoms with Crippen molar-refractivity contribution >= 4 is 20.3 Å². The van der Waals surface area contributed by atoms with Crippen molar-refractivity contribution in [3.63, 3.8) is 0 Å². The molecule has 1 aliphatic carbocycles. The Bertz CT molecular complexity index is 612. The number of rotatable bonds is 10. The van der Waals surface area contributed by atoms with Crippen LogP contribution in [0.1, 0.15) is 58.4 Å².